The molecule has 4 heteroatoms. The molecule has 1 unspecified atom stereocenters. The zero-order valence-corrected chi connectivity index (χ0v) is 9.37. The van der Waals surface area contributed by atoms with Gasteiger partial charge in [0.25, 0.3) is 0 Å². The maximum absolute atomic E-state index is 10.8. The van der Waals surface area contributed by atoms with E-state index in [0.717, 1.165) is 5.56 Å². The molecule has 0 saturated heterocycles. The van der Waals surface area contributed by atoms with E-state index in [-0.39, 0.29) is 12.6 Å². The largest absolute Gasteiger partial charge is 0.394 e. The maximum atomic E-state index is 10.8. The van der Waals surface area contributed by atoms with Crippen LogP contribution in [0.15, 0.2) is 30.3 Å². The van der Waals surface area contributed by atoms with Gasteiger partial charge in [-0.2, -0.15) is 0 Å². The van der Waals surface area contributed by atoms with Gasteiger partial charge in [0.1, 0.15) is 6.61 Å². The summed E-state index contributed by atoms with van der Waals surface area (Å²) < 4.78 is 0. The lowest BCUT2D eigenvalue weighted by atomic mass is 10.2. The van der Waals surface area contributed by atoms with Crippen LogP contribution in [0.3, 0.4) is 0 Å². The Labute approximate surface area is 95.4 Å². The number of aliphatic hydroxyl groups is 1. The number of carbonyl (C=O) groups excluding carboxylic acids is 1. The van der Waals surface area contributed by atoms with Crippen molar-refractivity contribution in [1.29, 1.82) is 0 Å². The Bertz CT molecular complexity index is 298. The molecule has 0 fully saturated rings. The highest BCUT2D eigenvalue weighted by atomic mass is 16.7. The van der Waals surface area contributed by atoms with E-state index in [4.69, 9.17) is 9.94 Å². The van der Waals surface area contributed by atoms with E-state index in [1.165, 1.54) is 5.06 Å². The van der Waals surface area contributed by atoms with Crippen molar-refractivity contribution in [3.63, 3.8) is 0 Å². The third-order valence-electron chi connectivity index (χ3n) is 2.37. The SMILES string of the molecule is CCC(CO)N(C=O)OCc1ccccc1. The van der Waals surface area contributed by atoms with Gasteiger partial charge in [-0.15, -0.1) is 0 Å². The van der Waals surface area contributed by atoms with E-state index in [1.54, 1.807) is 0 Å². The lowest BCUT2D eigenvalue weighted by Crippen LogP contribution is -2.36. The summed E-state index contributed by atoms with van der Waals surface area (Å²) in [7, 11) is 0. The van der Waals surface area contributed by atoms with Crippen LogP contribution in [0.4, 0.5) is 0 Å². The van der Waals surface area contributed by atoms with Gasteiger partial charge in [-0.25, -0.2) is 5.06 Å². The van der Waals surface area contributed by atoms with Crippen LogP contribution < -0.4 is 0 Å². The fourth-order valence-electron chi connectivity index (χ4n) is 1.33. The fourth-order valence-corrected chi connectivity index (χ4v) is 1.33. The second-order valence-electron chi connectivity index (χ2n) is 3.47. The van der Waals surface area contributed by atoms with Crippen LogP contribution in [-0.4, -0.2) is 29.2 Å². The lowest BCUT2D eigenvalue weighted by Gasteiger charge is -2.24. The quantitative estimate of drug-likeness (QED) is 0.560. The monoisotopic (exact) mass is 223 g/mol. The number of nitrogens with zero attached hydrogens (tertiary/aromatic N) is 1. The number of hydrogen-bond donors (Lipinski definition) is 1. The zero-order chi connectivity index (χ0) is 11.8. The van der Waals surface area contributed by atoms with Gasteiger partial charge in [0, 0.05) is 0 Å². The van der Waals surface area contributed by atoms with Gasteiger partial charge in [-0.3, -0.25) is 9.63 Å². The summed E-state index contributed by atoms with van der Waals surface area (Å²) in [5.41, 5.74) is 0.988. The van der Waals surface area contributed by atoms with Crippen molar-refractivity contribution >= 4 is 6.41 Å². The van der Waals surface area contributed by atoms with Crippen molar-refractivity contribution in [2.45, 2.75) is 26.0 Å². The molecule has 1 aromatic carbocycles. The van der Waals surface area contributed by atoms with E-state index in [1.807, 2.05) is 37.3 Å². The normalized spacial score (nSPS) is 12.1. The van der Waals surface area contributed by atoms with Crippen LogP contribution in [0.25, 0.3) is 0 Å². The summed E-state index contributed by atoms with van der Waals surface area (Å²) in [6, 6.07) is 9.30. The second kappa shape index (κ2) is 6.98. The highest BCUT2D eigenvalue weighted by Crippen LogP contribution is 2.06. The third-order valence-corrected chi connectivity index (χ3v) is 2.37. The fraction of sp³-hybridized carbons (Fsp3) is 0.417. The zero-order valence-electron chi connectivity index (χ0n) is 9.37. The lowest BCUT2D eigenvalue weighted by molar-refractivity contribution is -0.197. The molecular weight excluding hydrogens is 206 g/mol. The van der Waals surface area contributed by atoms with E-state index < -0.39 is 0 Å². The molecule has 1 atom stereocenters. The Hall–Kier alpha value is -1.39. The van der Waals surface area contributed by atoms with Crippen molar-refractivity contribution in [2.24, 2.45) is 0 Å². The molecule has 16 heavy (non-hydrogen) atoms. The summed E-state index contributed by atoms with van der Waals surface area (Å²) >= 11 is 0. The number of benzene rings is 1. The average molecular weight is 223 g/mol. The summed E-state index contributed by atoms with van der Waals surface area (Å²) in [5, 5.41) is 10.2. The molecule has 0 spiro atoms. The Balaban J connectivity index is 2.48. The minimum Gasteiger partial charge on any atom is -0.394 e. The summed E-state index contributed by atoms with van der Waals surface area (Å²) in [6.45, 7) is 2.13. The molecule has 0 saturated carbocycles. The number of carbonyl (C=O) groups is 1. The molecule has 88 valence electrons. The van der Waals surface area contributed by atoms with Crippen LogP contribution in [0, 0.1) is 0 Å². The highest BCUT2D eigenvalue weighted by molar-refractivity contribution is 5.45. The van der Waals surface area contributed by atoms with Crippen LogP contribution in [0.2, 0.25) is 0 Å². The molecule has 1 N–H and O–H groups in total. The number of rotatable bonds is 7. The van der Waals surface area contributed by atoms with Crippen LogP contribution >= 0.6 is 0 Å². The third kappa shape index (κ3) is 3.64. The molecule has 0 bridgehead atoms. The molecule has 1 rings (SSSR count). The minimum atomic E-state index is -0.277. The minimum absolute atomic E-state index is 0.0932. The molecule has 0 heterocycles. The van der Waals surface area contributed by atoms with E-state index in [2.05, 4.69) is 0 Å². The molecule has 0 aliphatic heterocycles. The summed E-state index contributed by atoms with van der Waals surface area (Å²) in [6.07, 6.45) is 1.26. The van der Waals surface area contributed by atoms with Gasteiger partial charge < -0.3 is 5.11 Å². The standard InChI is InChI=1S/C12H17NO3/c1-2-12(8-14)13(10-15)16-9-11-6-4-3-5-7-11/h3-7,10,12,14H,2,8-9H2,1H3. The van der Waals surface area contributed by atoms with Crippen molar-refractivity contribution < 1.29 is 14.7 Å². The molecule has 0 aromatic heterocycles. The first-order valence-corrected chi connectivity index (χ1v) is 5.33. The summed E-state index contributed by atoms with van der Waals surface area (Å²) in [4.78, 5) is 16.1. The van der Waals surface area contributed by atoms with E-state index in [9.17, 15) is 4.79 Å². The molecule has 0 radical (unpaired) electrons. The number of aliphatic hydroxyl groups excluding tert-OH is 1. The van der Waals surface area contributed by atoms with E-state index >= 15 is 0 Å². The smallest absolute Gasteiger partial charge is 0.233 e. The Morgan fingerprint density at radius 1 is 1.44 bits per heavy atom. The van der Waals surface area contributed by atoms with Gasteiger partial charge in [0.2, 0.25) is 6.41 Å². The summed E-state index contributed by atoms with van der Waals surface area (Å²) in [5.74, 6) is 0. The molecule has 1 amide bonds. The van der Waals surface area contributed by atoms with Gasteiger partial charge in [0.05, 0.1) is 12.6 Å². The van der Waals surface area contributed by atoms with Gasteiger partial charge in [-0.1, -0.05) is 37.3 Å². The second-order valence-corrected chi connectivity index (χ2v) is 3.47. The number of hydrogen-bond acceptors (Lipinski definition) is 3. The number of amides is 1. The predicted molar refractivity (Wildman–Crippen MR) is 60.3 cm³/mol. The predicted octanol–water partition coefficient (Wildman–Crippen LogP) is 1.35. The van der Waals surface area contributed by atoms with Gasteiger partial charge >= 0.3 is 0 Å². The molecule has 1 aromatic rings. The van der Waals surface area contributed by atoms with E-state index in [0.29, 0.717) is 19.4 Å². The maximum Gasteiger partial charge on any atom is 0.233 e. The van der Waals surface area contributed by atoms with Gasteiger partial charge in [-0.05, 0) is 12.0 Å². The Morgan fingerprint density at radius 3 is 2.62 bits per heavy atom. The van der Waals surface area contributed by atoms with Crippen molar-refractivity contribution in [3.8, 4) is 0 Å². The van der Waals surface area contributed by atoms with Crippen LogP contribution in [-0.2, 0) is 16.2 Å². The number of hydroxylamine groups is 2. The Morgan fingerprint density at radius 2 is 2.12 bits per heavy atom. The van der Waals surface area contributed by atoms with Crippen molar-refractivity contribution in [3.05, 3.63) is 35.9 Å². The van der Waals surface area contributed by atoms with Crippen LogP contribution in [0.5, 0.6) is 0 Å². The van der Waals surface area contributed by atoms with Crippen LogP contribution in [0.1, 0.15) is 18.9 Å². The topological polar surface area (TPSA) is 49.8 Å². The molecule has 0 aliphatic rings. The first-order chi connectivity index (χ1) is 7.81. The van der Waals surface area contributed by atoms with Crippen molar-refractivity contribution in [1.82, 2.24) is 5.06 Å². The highest BCUT2D eigenvalue weighted by Gasteiger charge is 2.14. The molecule has 4 nitrogen and oxygen atoms in total. The first-order valence-electron chi connectivity index (χ1n) is 5.33. The Kier molecular flexibility index (Phi) is 5.53. The molecule has 0 aliphatic carbocycles. The first kappa shape index (κ1) is 12.7. The van der Waals surface area contributed by atoms with Crippen molar-refractivity contribution in [2.75, 3.05) is 6.61 Å². The van der Waals surface area contributed by atoms with Gasteiger partial charge in [0.15, 0.2) is 0 Å². The average Bonchev–Trinajstić information content (AvgIpc) is 2.35. The molecular formula is C12H17NO3.